The molecule has 0 saturated heterocycles. The predicted molar refractivity (Wildman–Crippen MR) is 59.6 cm³/mol. The lowest BCUT2D eigenvalue weighted by atomic mass is 10.1. The van der Waals surface area contributed by atoms with E-state index in [9.17, 15) is 4.79 Å². The lowest BCUT2D eigenvalue weighted by Crippen LogP contribution is -1.87. The maximum atomic E-state index is 10.4. The van der Waals surface area contributed by atoms with Gasteiger partial charge < -0.3 is 9.67 Å². The van der Waals surface area contributed by atoms with Crippen molar-refractivity contribution in [1.29, 1.82) is 0 Å². The second-order valence-electron chi connectivity index (χ2n) is 3.42. The van der Waals surface area contributed by atoms with Gasteiger partial charge in [-0.05, 0) is 29.2 Å². The van der Waals surface area contributed by atoms with Crippen LogP contribution in [0.15, 0.2) is 36.5 Å². The van der Waals surface area contributed by atoms with E-state index in [-0.39, 0.29) is 0 Å². The van der Waals surface area contributed by atoms with Gasteiger partial charge in [0.1, 0.15) is 0 Å². The van der Waals surface area contributed by atoms with Gasteiger partial charge in [0.05, 0.1) is 0 Å². The molecule has 1 aromatic heterocycles. The Morgan fingerprint density at radius 1 is 1.40 bits per heavy atom. The first-order valence-electron chi connectivity index (χ1n) is 4.63. The number of rotatable bonds is 2. The number of carbonyl (C=O) groups is 1. The van der Waals surface area contributed by atoms with Crippen molar-refractivity contribution in [3.63, 3.8) is 0 Å². The van der Waals surface area contributed by atoms with Crippen LogP contribution in [-0.4, -0.2) is 15.6 Å². The summed E-state index contributed by atoms with van der Waals surface area (Å²) < 4.78 is 2.01. The molecule has 1 heterocycles. The van der Waals surface area contributed by atoms with Crippen molar-refractivity contribution in [1.82, 2.24) is 4.57 Å². The number of nitrogens with zero attached hydrogens (tertiary/aromatic N) is 1. The summed E-state index contributed by atoms with van der Waals surface area (Å²) in [5, 5.41) is 9.67. The number of aromatic nitrogens is 1. The minimum atomic E-state index is -0.929. The van der Waals surface area contributed by atoms with Crippen LogP contribution in [0.2, 0.25) is 0 Å². The summed E-state index contributed by atoms with van der Waals surface area (Å²) in [5.74, 6) is -0.929. The first-order chi connectivity index (χ1) is 7.16. The summed E-state index contributed by atoms with van der Waals surface area (Å²) in [5.41, 5.74) is 1.99. The molecule has 0 atom stereocenters. The molecule has 0 fully saturated rings. The van der Waals surface area contributed by atoms with Crippen molar-refractivity contribution in [2.24, 2.45) is 7.05 Å². The molecule has 76 valence electrons. The third-order valence-corrected chi connectivity index (χ3v) is 2.33. The molecule has 15 heavy (non-hydrogen) atoms. The second-order valence-corrected chi connectivity index (χ2v) is 3.42. The highest BCUT2D eigenvalue weighted by molar-refractivity contribution is 5.87. The molecule has 2 aromatic rings. The highest BCUT2D eigenvalue weighted by Crippen LogP contribution is 2.17. The van der Waals surface area contributed by atoms with Crippen molar-refractivity contribution in [3.8, 4) is 0 Å². The van der Waals surface area contributed by atoms with E-state index in [0.29, 0.717) is 0 Å². The average molecular weight is 201 g/mol. The van der Waals surface area contributed by atoms with Crippen LogP contribution >= 0.6 is 0 Å². The maximum Gasteiger partial charge on any atom is 0.328 e. The number of hydrogen-bond acceptors (Lipinski definition) is 1. The third kappa shape index (κ3) is 1.91. The van der Waals surface area contributed by atoms with Gasteiger partial charge in [0.25, 0.3) is 0 Å². The molecular formula is C12H11NO2. The summed E-state index contributed by atoms with van der Waals surface area (Å²) in [6, 6.07) is 7.88. The highest BCUT2D eigenvalue weighted by atomic mass is 16.4. The smallest absolute Gasteiger partial charge is 0.328 e. The molecule has 0 aliphatic rings. The van der Waals surface area contributed by atoms with E-state index in [1.54, 1.807) is 6.08 Å². The van der Waals surface area contributed by atoms with Crippen molar-refractivity contribution < 1.29 is 9.90 Å². The van der Waals surface area contributed by atoms with Gasteiger partial charge >= 0.3 is 5.97 Å². The molecule has 2 rings (SSSR count). The predicted octanol–water partition coefficient (Wildman–Crippen LogP) is 2.28. The Balaban J connectivity index is 2.46. The molecule has 0 radical (unpaired) electrons. The van der Waals surface area contributed by atoms with E-state index in [1.807, 2.05) is 42.1 Å². The monoisotopic (exact) mass is 201 g/mol. The van der Waals surface area contributed by atoms with Crippen LogP contribution in [0.25, 0.3) is 17.0 Å². The molecule has 0 amide bonds. The zero-order valence-electron chi connectivity index (χ0n) is 8.34. The minimum absolute atomic E-state index is 0.895. The molecule has 0 unspecified atom stereocenters. The molecule has 0 spiro atoms. The zero-order valence-corrected chi connectivity index (χ0v) is 8.34. The molecule has 0 saturated carbocycles. The van der Waals surface area contributed by atoms with Crippen molar-refractivity contribution >= 4 is 22.9 Å². The summed E-state index contributed by atoms with van der Waals surface area (Å²) in [4.78, 5) is 10.4. The molecule has 1 aromatic carbocycles. The van der Waals surface area contributed by atoms with Crippen LogP contribution in [0.5, 0.6) is 0 Å². The van der Waals surface area contributed by atoms with Crippen LogP contribution in [0.1, 0.15) is 5.56 Å². The first-order valence-corrected chi connectivity index (χ1v) is 4.63. The molecular weight excluding hydrogens is 190 g/mol. The van der Waals surface area contributed by atoms with Gasteiger partial charge in [0, 0.05) is 24.8 Å². The quantitative estimate of drug-likeness (QED) is 0.757. The fourth-order valence-corrected chi connectivity index (χ4v) is 1.55. The van der Waals surface area contributed by atoms with E-state index in [1.165, 1.54) is 0 Å². The van der Waals surface area contributed by atoms with E-state index in [2.05, 4.69) is 0 Å². The number of carboxylic acid groups (broad SMARTS) is 1. The molecule has 0 aliphatic heterocycles. The summed E-state index contributed by atoms with van der Waals surface area (Å²) in [6.45, 7) is 0. The van der Waals surface area contributed by atoms with Crippen LogP contribution in [0, 0.1) is 0 Å². The number of aryl methyl sites for hydroxylation is 1. The molecule has 3 nitrogen and oxygen atoms in total. The van der Waals surface area contributed by atoms with E-state index in [4.69, 9.17) is 5.11 Å². The van der Waals surface area contributed by atoms with Gasteiger partial charge in [0.2, 0.25) is 0 Å². The highest BCUT2D eigenvalue weighted by Gasteiger charge is 1.97. The fourth-order valence-electron chi connectivity index (χ4n) is 1.55. The van der Waals surface area contributed by atoms with Gasteiger partial charge in [0.15, 0.2) is 0 Å². The van der Waals surface area contributed by atoms with Crippen molar-refractivity contribution in [2.75, 3.05) is 0 Å². The molecule has 0 aliphatic carbocycles. The number of aliphatic carboxylic acids is 1. The van der Waals surface area contributed by atoms with Crippen molar-refractivity contribution in [3.05, 3.63) is 42.1 Å². The molecule has 0 bridgehead atoms. The van der Waals surface area contributed by atoms with Gasteiger partial charge in [-0.2, -0.15) is 0 Å². The van der Waals surface area contributed by atoms with Crippen molar-refractivity contribution in [2.45, 2.75) is 0 Å². The Morgan fingerprint density at radius 2 is 2.20 bits per heavy atom. The summed E-state index contributed by atoms with van der Waals surface area (Å²) in [6.07, 6.45) is 4.72. The maximum absolute atomic E-state index is 10.4. The minimum Gasteiger partial charge on any atom is -0.478 e. The standard InChI is InChI=1S/C12H11NO2/c1-13-7-6-10-4-2-9(8-11(10)13)3-5-12(14)15/h2-8H,1H3,(H,14,15)/b5-3+. The van der Waals surface area contributed by atoms with Gasteiger partial charge in [-0.15, -0.1) is 0 Å². The van der Waals surface area contributed by atoms with E-state index in [0.717, 1.165) is 22.5 Å². The van der Waals surface area contributed by atoms with Gasteiger partial charge in [-0.1, -0.05) is 12.1 Å². The normalized spacial score (nSPS) is 11.3. The SMILES string of the molecule is Cn1ccc2ccc(/C=C/C(=O)O)cc21. The topological polar surface area (TPSA) is 42.2 Å². The fraction of sp³-hybridized carbons (Fsp3) is 0.0833. The average Bonchev–Trinajstić information content (AvgIpc) is 2.57. The molecule has 1 N–H and O–H groups in total. The summed E-state index contributed by atoms with van der Waals surface area (Å²) in [7, 11) is 1.97. The Hall–Kier alpha value is -2.03. The lowest BCUT2D eigenvalue weighted by molar-refractivity contribution is -0.131. The number of fused-ring (bicyclic) bond motifs is 1. The van der Waals surface area contributed by atoms with E-state index >= 15 is 0 Å². The summed E-state index contributed by atoms with van der Waals surface area (Å²) >= 11 is 0. The number of hydrogen-bond donors (Lipinski definition) is 1. The zero-order chi connectivity index (χ0) is 10.8. The number of carboxylic acids is 1. The Labute approximate surface area is 87.3 Å². The van der Waals surface area contributed by atoms with Crippen LogP contribution in [0.3, 0.4) is 0 Å². The Bertz CT molecular complexity index is 538. The Kier molecular flexibility index (Phi) is 2.29. The largest absolute Gasteiger partial charge is 0.478 e. The van der Waals surface area contributed by atoms with E-state index < -0.39 is 5.97 Å². The Morgan fingerprint density at radius 3 is 2.93 bits per heavy atom. The third-order valence-electron chi connectivity index (χ3n) is 2.33. The van der Waals surface area contributed by atoms with Gasteiger partial charge in [-0.3, -0.25) is 0 Å². The first kappa shape index (κ1) is 9.52. The molecule has 3 heteroatoms. The number of benzene rings is 1. The van der Waals surface area contributed by atoms with Gasteiger partial charge in [-0.25, -0.2) is 4.79 Å². The second kappa shape index (κ2) is 3.61. The van der Waals surface area contributed by atoms with Crippen LogP contribution in [-0.2, 0) is 11.8 Å². The van der Waals surface area contributed by atoms with Crippen LogP contribution < -0.4 is 0 Å². The lowest BCUT2D eigenvalue weighted by Gasteiger charge is -1.97. The van der Waals surface area contributed by atoms with Crippen LogP contribution in [0.4, 0.5) is 0 Å².